The zero-order chi connectivity index (χ0) is 40.3. The molecule has 0 unspecified atom stereocenters. The van der Waals surface area contributed by atoms with Gasteiger partial charge in [-0.3, -0.25) is 0 Å². The van der Waals surface area contributed by atoms with E-state index >= 15 is 0 Å². The third-order valence-electron chi connectivity index (χ3n) is 11.5. The molecule has 1 aliphatic rings. The highest BCUT2D eigenvalue weighted by molar-refractivity contribution is 6.27. The minimum Gasteiger partial charge on any atom is -0.455 e. The Hall–Kier alpha value is -6.70. The first kappa shape index (κ1) is 26.1. The second-order valence-corrected chi connectivity index (χ2v) is 14.8. The number of para-hydroxylation sites is 1. The lowest BCUT2D eigenvalue weighted by atomic mass is 9.76. The van der Waals surface area contributed by atoms with Crippen molar-refractivity contribution in [3.63, 3.8) is 0 Å². The Morgan fingerprint density at radius 1 is 0.463 bits per heavy atom. The lowest BCUT2D eigenvalue weighted by molar-refractivity contribution is 0.662. The zero-order valence-corrected chi connectivity index (χ0v) is 29.8. The summed E-state index contributed by atoms with van der Waals surface area (Å²) in [6.07, 6.45) is 0. The maximum atomic E-state index is 9.04. The number of fused-ring (bicyclic) bond motifs is 8. The second kappa shape index (κ2) is 11.7. The van der Waals surface area contributed by atoms with Crippen molar-refractivity contribution in [1.82, 2.24) is 0 Å². The molecule has 10 aromatic rings. The Labute approximate surface area is 321 Å². The first-order valence-corrected chi connectivity index (χ1v) is 18.4. The lowest BCUT2D eigenvalue weighted by Crippen LogP contribution is -2.16. The molecule has 0 atom stereocenters. The number of rotatable bonds is 4. The van der Waals surface area contributed by atoms with Gasteiger partial charge < -0.3 is 4.42 Å². The zero-order valence-electron chi connectivity index (χ0n) is 34.8. The van der Waals surface area contributed by atoms with Gasteiger partial charge in [0.2, 0.25) is 0 Å². The molecule has 1 aliphatic carbocycles. The van der Waals surface area contributed by atoms with Crippen LogP contribution >= 0.6 is 0 Å². The SMILES string of the molecule is [2H]c1c([2H])c([2H])c(-c2ccc(-c3c4ccccc4c(-c4ccc(-c5ccc6ccccc6c5)cc4)c4oc5ccccc5c34)c3c2-c2ccccc2C3(C)C)c([2H])c1[2H]. The first-order chi connectivity index (χ1) is 28.6. The lowest BCUT2D eigenvalue weighted by Gasteiger charge is -2.26. The molecule has 0 spiro atoms. The van der Waals surface area contributed by atoms with Crippen molar-refractivity contribution in [3.05, 3.63) is 193 Å². The highest BCUT2D eigenvalue weighted by atomic mass is 16.3. The van der Waals surface area contributed by atoms with E-state index in [0.717, 1.165) is 88.3 Å². The van der Waals surface area contributed by atoms with Gasteiger partial charge >= 0.3 is 0 Å². The second-order valence-electron chi connectivity index (χ2n) is 14.8. The standard InChI is InChI=1S/C53H36O/c1-53(2)45-22-12-10-20-42(45)49-39(35-15-4-3-5-16-35)30-31-44(51(49)53)48-41-19-9-8-18-40(41)47(52-50(48)43-21-11-13-23-46(43)54-52)36-27-24-34(25-28-36)38-29-26-33-14-6-7-17-37(33)32-38/h3-32H,1-2H3/i3D,4D,5D,15D,16D. The molecule has 254 valence electrons. The Morgan fingerprint density at radius 3 is 1.91 bits per heavy atom. The predicted molar refractivity (Wildman–Crippen MR) is 228 cm³/mol. The number of hydrogen-bond donors (Lipinski definition) is 0. The van der Waals surface area contributed by atoms with Gasteiger partial charge in [-0.2, -0.15) is 0 Å². The van der Waals surface area contributed by atoms with Crippen molar-refractivity contribution in [3.8, 4) is 55.6 Å². The molecular weight excluding hydrogens is 653 g/mol. The molecule has 0 N–H and O–H groups in total. The highest BCUT2D eigenvalue weighted by Crippen LogP contribution is 2.58. The van der Waals surface area contributed by atoms with E-state index in [4.69, 9.17) is 11.3 Å². The Bertz CT molecular complexity index is 3380. The van der Waals surface area contributed by atoms with Crippen LogP contribution in [0, 0.1) is 0 Å². The van der Waals surface area contributed by atoms with Crippen LogP contribution in [-0.4, -0.2) is 0 Å². The van der Waals surface area contributed by atoms with Crippen molar-refractivity contribution in [1.29, 1.82) is 0 Å². The molecule has 0 aliphatic heterocycles. The van der Waals surface area contributed by atoms with Crippen LogP contribution in [0.3, 0.4) is 0 Å². The molecule has 54 heavy (non-hydrogen) atoms. The molecule has 0 bridgehead atoms. The van der Waals surface area contributed by atoms with E-state index in [1.165, 1.54) is 10.8 Å². The van der Waals surface area contributed by atoms with Crippen molar-refractivity contribution in [2.24, 2.45) is 0 Å². The molecule has 0 amide bonds. The van der Waals surface area contributed by atoms with Gasteiger partial charge in [0.1, 0.15) is 11.2 Å². The first-order valence-electron chi connectivity index (χ1n) is 20.9. The van der Waals surface area contributed by atoms with Gasteiger partial charge in [0, 0.05) is 27.3 Å². The topological polar surface area (TPSA) is 13.1 Å². The van der Waals surface area contributed by atoms with Crippen molar-refractivity contribution < 1.29 is 11.3 Å². The number of hydrogen-bond acceptors (Lipinski definition) is 1. The van der Waals surface area contributed by atoms with Gasteiger partial charge in [0.05, 0.1) is 6.85 Å². The molecule has 0 saturated carbocycles. The van der Waals surface area contributed by atoms with Crippen LogP contribution in [0.25, 0.3) is 99.1 Å². The number of benzene rings is 9. The summed E-state index contributed by atoms with van der Waals surface area (Å²) in [7, 11) is 0. The molecule has 0 radical (unpaired) electrons. The third kappa shape index (κ3) is 4.45. The van der Waals surface area contributed by atoms with Gasteiger partial charge in [-0.05, 0) is 89.3 Å². The van der Waals surface area contributed by atoms with Crippen molar-refractivity contribution >= 4 is 43.5 Å². The Balaban J connectivity index is 1.22. The largest absolute Gasteiger partial charge is 0.455 e. The van der Waals surface area contributed by atoms with E-state index in [1.54, 1.807) is 0 Å². The summed E-state index contributed by atoms with van der Waals surface area (Å²) in [6.45, 7) is 4.45. The van der Waals surface area contributed by atoms with E-state index in [2.05, 4.69) is 135 Å². The Kier molecular flexibility index (Phi) is 5.64. The summed E-state index contributed by atoms with van der Waals surface area (Å²) in [5, 5.41) is 6.58. The minimum atomic E-state index is -0.505. The molecule has 1 aromatic heterocycles. The van der Waals surface area contributed by atoms with E-state index in [1.807, 2.05) is 30.3 Å². The average molecular weight is 694 g/mol. The molecule has 1 heterocycles. The number of furan rings is 1. The summed E-state index contributed by atoms with van der Waals surface area (Å²) < 4.78 is 50.5. The van der Waals surface area contributed by atoms with E-state index in [9.17, 15) is 0 Å². The maximum absolute atomic E-state index is 9.04. The quantitative estimate of drug-likeness (QED) is 0.179. The average Bonchev–Trinajstić information content (AvgIpc) is 3.76. The third-order valence-corrected chi connectivity index (χ3v) is 11.5. The summed E-state index contributed by atoms with van der Waals surface area (Å²) in [5.41, 5.74) is 12.4. The predicted octanol–water partition coefficient (Wildman–Crippen LogP) is 14.9. The van der Waals surface area contributed by atoms with Crippen molar-refractivity contribution in [2.45, 2.75) is 19.3 Å². The normalized spacial score (nSPS) is 14.4. The van der Waals surface area contributed by atoms with Crippen LogP contribution in [0.5, 0.6) is 0 Å². The molecule has 0 fully saturated rings. The highest BCUT2D eigenvalue weighted by Gasteiger charge is 2.40. The van der Waals surface area contributed by atoms with Gasteiger partial charge in [0.15, 0.2) is 0 Å². The van der Waals surface area contributed by atoms with E-state index in [0.29, 0.717) is 5.56 Å². The van der Waals surface area contributed by atoms with Crippen LogP contribution in [0.15, 0.2) is 186 Å². The molecule has 11 rings (SSSR count). The van der Waals surface area contributed by atoms with Gasteiger partial charge in [0.25, 0.3) is 0 Å². The van der Waals surface area contributed by atoms with E-state index < -0.39 is 11.5 Å². The Morgan fingerprint density at radius 2 is 1.09 bits per heavy atom. The summed E-state index contributed by atoms with van der Waals surface area (Å²) >= 11 is 0. The molecule has 1 nitrogen and oxygen atoms in total. The summed E-state index contributed by atoms with van der Waals surface area (Å²) in [5.74, 6) is 0. The van der Waals surface area contributed by atoms with Crippen LogP contribution < -0.4 is 0 Å². The van der Waals surface area contributed by atoms with Crippen molar-refractivity contribution in [2.75, 3.05) is 0 Å². The fourth-order valence-corrected chi connectivity index (χ4v) is 9.12. The summed E-state index contributed by atoms with van der Waals surface area (Å²) in [4.78, 5) is 0. The van der Waals surface area contributed by atoms with Crippen LogP contribution in [0.4, 0.5) is 0 Å². The fraction of sp³-hybridized carbons (Fsp3) is 0.0566. The van der Waals surface area contributed by atoms with E-state index in [-0.39, 0.29) is 29.7 Å². The van der Waals surface area contributed by atoms with Gasteiger partial charge in [-0.25, -0.2) is 0 Å². The van der Waals surface area contributed by atoms with Gasteiger partial charge in [-0.1, -0.05) is 184 Å². The fourth-order valence-electron chi connectivity index (χ4n) is 9.12. The molecule has 1 heteroatoms. The van der Waals surface area contributed by atoms with Crippen LogP contribution in [-0.2, 0) is 5.41 Å². The monoisotopic (exact) mass is 693 g/mol. The van der Waals surface area contributed by atoms with Crippen LogP contribution in [0.2, 0.25) is 0 Å². The smallest absolute Gasteiger partial charge is 0.144 e. The van der Waals surface area contributed by atoms with Crippen LogP contribution in [0.1, 0.15) is 31.8 Å². The maximum Gasteiger partial charge on any atom is 0.144 e. The minimum absolute atomic E-state index is 0.206. The molecular formula is C53H36O. The van der Waals surface area contributed by atoms with Gasteiger partial charge in [-0.15, -0.1) is 0 Å². The molecule has 0 saturated heterocycles. The summed E-state index contributed by atoms with van der Waals surface area (Å²) in [6, 6.07) is 51.5. The molecule has 9 aromatic carbocycles.